The Labute approximate surface area is 154 Å². The highest BCUT2D eigenvalue weighted by Gasteiger charge is 2.25. The van der Waals surface area contributed by atoms with Crippen LogP contribution in [0.5, 0.6) is 0 Å². The number of carbonyl (C=O) groups excluding carboxylic acids is 2. The van der Waals surface area contributed by atoms with Gasteiger partial charge in [0.15, 0.2) is 0 Å². The molecule has 0 atom stereocenters. The van der Waals surface area contributed by atoms with E-state index in [2.05, 4.69) is 28.9 Å². The average molecular weight is 356 g/mol. The number of carbonyl (C=O) groups is 2. The Morgan fingerprint density at radius 1 is 1.08 bits per heavy atom. The third-order valence-electron chi connectivity index (χ3n) is 5.30. The molecule has 6 heteroatoms. The Balaban J connectivity index is 1.64. The minimum absolute atomic E-state index is 0.0242. The molecule has 1 fully saturated rings. The number of para-hydroxylation sites is 1. The number of amides is 3. The van der Waals surface area contributed by atoms with Crippen LogP contribution in [0.3, 0.4) is 0 Å². The summed E-state index contributed by atoms with van der Waals surface area (Å²) in [6.07, 6.45) is 1.34. The number of benzene rings is 1. The van der Waals surface area contributed by atoms with Crippen LogP contribution in [0, 0.1) is 6.92 Å². The highest BCUT2D eigenvalue weighted by molar-refractivity contribution is 5.90. The molecule has 6 nitrogen and oxygen atoms in total. The molecule has 0 unspecified atom stereocenters. The lowest BCUT2D eigenvalue weighted by Gasteiger charge is -2.34. The molecular weight excluding hydrogens is 328 g/mol. The topological polar surface area (TPSA) is 57.6 Å². The number of nitrogens with one attached hydrogen (secondary N) is 1. The molecule has 0 aliphatic carbocycles. The molecule has 1 aromatic carbocycles. The maximum atomic E-state index is 12.8. The van der Waals surface area contributed by atoms with Crippen LogP contribution in [0.2, 0.25) is 0 Å². The quantitative estimate of drug-likeness (QED) is 0.914. The fourth-order valence-electron chi connectivity index (χ4n) is 3.59. The van der Waals surface area contributed by atoms with Gasteiger partial charge in [-0.3, -0.25) is 4.79 Å². The van der Waals surface area contributed by atoms with Crippen LogP contribution in [0.4, 0.5) is 4.79 Å². The van der Waals surface area contributed by atoms with Crippen molar-refractivity contribution >= 4 is 22.8 Å². The van der Waals surface area contributed by atoms with Gasteiger partial charge in [0.05, 0.1) is 6.42 Å². The number of aromatic nitrogens is 1. The van der Waals surface area contributed by atoms with Gasteiger partial charge in [-0.05, 0) is 25.0 Å². The first kappa shape index (κ1) is 18.3. The molecule has 2 aromatic rings. The maximum Gasteiger partial charge on any atom is 0.317 e. The maximum absolute atomic E-state index is 12.8. The molecule has 1 aliphatic heterocycles. The minimum atomic E-state index is -0.0242. The summed E-state index contributed by atoms with van der Waals surface area (Å²) in [4.78, 5) is 28.5. The van der Waals surface area contributed by atoms with Gasteiger partial charge in [-0.25, -0.2) is 4.79 Å². The van der Waals surface area contributed by atoms with Gasteiger partial charge in [0.25, 0.3) is 0 Å². The van der Waals surface area contributed by atoms with Crippen molar-refractivity contribution in [3.63, 3.8) is 0 Å². The molecule has 2 heterocycles. The number of nitrogens with zero attached hydrogens (tertiary/aromatic N) is 3. The second-order valence-electron chi connectivity index (χ2n) is 6.92. The molecule has 3 amide bonds. The molecule has 140 valence electrons. The van der Waals surface area contributed by atoms with Crippen LogP contribution >= 0.6 is 0 Å². The van der Waals surface area contributed by atoms with E-state index in [0.29, 0.717) is 39.1 Å². The van der Waals surface area contributed by atoms with Gasteiger partial charge < -0.3 is 19.7 Å². The van der Waals surface area contributed by atoms with E-state index in [9.17, 15) is 9.59 Å². The lowest BCUT2D eigenvalue weighted by atomic mass is 10.1. The summed E-state index contributed by atoms with van der Waals surface area (Å²) in [7, 11) is 2.04. The van der Waals surface area contributed by atoms with Crippen LogP contribution in [0.15, 0.2) is 24.3 Å². The molecule has 0 saturated carbocycles. The lowest BCUT2D eigenvalue weighted by Crippen LogP contribution is -2.53. The molecule has 0 radical (unpaired) electrons. The summed E-state index contributed by atoms with van der Waals surface area (Å²) in [5.74, 6) is 0.137. The third kappa shape index (κ3) is 3.54. The van der Waals surface area contributed by atoms with Crippen molar-refractivity contribution in [2.24, 2.45) is 7.05 Å². The normalized spacial score (nSPS) is 14.7. The fraction of sp³-hybridized carbons (Fsp3) is 0.500. The number of aryl methyl sites for hydroxylation is 1. The predicted molar refractivity (Wildman–Crippen MR) is 103 cm³/mol. The second-order valence-corrected chi connectivity index (χ2v) is 6.92. The number of fused-ring (bicyclic) bond motifs is 1. The monoisotopic (exact) mass is 356 g/mol. The van der Waals surface area contributed by atoms with Gasteiger partial charge in [0.1, 0.15) is 0 Å². The van der Waals surface area contributed by atoms with Crippen molar-refractivity contribution < 1.29 is 9.59 Å². The van der Waals surface area contributed by atoms with E-state index < -0.39 is 0 Å². The van der Waals surface area contributed by atoms with Crippen LogP contribution in [-0.4, -0.2) is 59.0 Å². The first-order valence-electron chi connectivity index (χ1n) is 9.36. The Kier molecular flexibility index (Phi) is 5.49. The summed E-state index contributed by atoms with van der Waals surface area (Å²) < 4.78 is 2.15. The van der Waals surface area contributed by atoms with Crippen molar-refractivity contribution in [1.29, 1.82) is 0 Å². The Bertz CT molecular complexity index is 803. The van der Waals surface area contributed by atoms with Crippen LogP contribution in [0.25, 0.3) is 10.9 Å². The zero-order valence-corrected chi connectivity index (χ0v) is 15.9. The van der Waals surface area contributed by atoms with E-state index in [1.165, 1.54) is 0 Å². The largest absolute Gasteiger partial charge is 0.348 e. The van der Waals surface area contributed by atoms with Crippen LogP contribution in [0.1, 0.15) is 24.6 Å². The van der Waals surface area contributed by atoms with Crippen molar-refractivity contribution in [2.45, 2.75) is 26.7 Å². The van der Waals surface area contributed by atoms with Crippen molar-refractivity contribution in [2.75, 3.05) is 32.7 Å². The smallest absolute Gasteiger partial charge is 0.317 e. The summed E-state index contributed by atoms with van der Waals surface area (Å²) in [5.41, 5.74) is 3.40. The number of rotatable bonds is 4. The fourth-order valence-corrected chi connectivity index (χ4v) is 3.59. The zero-order valence-electron chi connectivity index (χ0n) is 15.9. The van der Waals surface area contributed by atoms with Gasteiger partial charge in [-0.2, -0.15) is 0 Å². The molecule has 0 spiro atoms. The summed E-state index contributed by atoms with van der Waals surface area (Å²) >= 11 is 0. The van der Waals surface area contributed by atoms with Gasteiger partial charge in [0, 0.05) is 56.4 Å². The molecule has 3 rings (SSSR count). The van der Waals surface area contributed by atoms with Crippen LogP contribution in [-0.2, 0) is 18.3 Å². The molecule has 0 bridgehead atoms. The lowest BCUT2D eigenvalue weighted by molar-refractivity contribution is -0.131. The predicted octanol–water partition coefficient (Wildman–Crippen LogP) is 2.29. The molecule has 26 heavy (non-hydrogen) atoms. The molecule has 1 aromatic heterocycles. The van der Waals surface area contributed by atoms with E-state index in [1.807, 2.05) is 31.0 Å². The van der Waals surface area contributed by atoms with E-state index in [1.54, 1.807) is 4.90 Å². The minimum Gasteiger partial charge on any atom is -0.348 e. The van der Waals surface area contributed by atoms with Crippen molar-refractivity contribution in [1.82, 2.24) is 19.7 Å². The molecule has 1 saturated heterocycles. The molecule has 1 N–H and O–H groups in total. The Morgan fingerprint density at radius 3 is 2.42 bits per heavy atom. The van der Waals surface area contributed by atoms with Crippen LogP contribution < -0.4 is 5.32 Å². The standard InChI is InChI=1S/C20H28N4O2/c1-4-9-21-20(26)24-12-10-23(11-13-24)19(25)14-17-15(2)22(3)18-8-6-5-7-16(17)18/h5-8H,4,9-14H2,1-3H3,(H,21,26). The van der Waals surface area contributed by atoms with Crippen molar-refractivity contribution in [3.05, 3.63) is 35.5 Å². The third-order valence-corrected chi connectivity index (χ3v) is 5.30. The van der Waals surface area contributed by atoms with E-state index in [4.69, 9.17) is 0 Å². The Hall–Kier alpha value is -2.50. The van der Waals surface area contributed by atoms with Gasteiger partial charge in [0.2, 0.25) is 5.91 Å². The van der Waals surface area contributed by atoms with E-state index in [-0.39, 0.29) is 11.9 Å². The second kappa shape index (κ2) is 7.81. The van der Waals surface area contributed by atoms with Gasteiger partial charge >= 0.3 is 6.03 Å². The zero-order chi connectivity index (χ0) is 18.7. The highest BCUT2D eigenvalue weighted by Crippen LogP contribution is 2.25. The van der Waals surface area contributed by atoms with E-state index in [0.717, 1.165) is 28.6 Å². The van der Waals surface area contributed by atoms with Gasteiger partial charge in [-0.1, -0.05) is 25.1 Å². The summed E-state index contributed by atoms with van der Waals surface area (Å²) in [6.45, 7) is 7.18. The summed E-state index contributed by atoms with van der Waals surface area (Å²) in [6, 6.07) is 8.19. The number of urea groups is 1. The number of hydrogen-bond donors (Lipinski definition) is 1. The van der Waals surface area contributed by atoms with E-state index >= 15 is 0 Å². The first-order valence-corrected chi connectivity index (χ1v) is 9.36. The summed E-state index contributed by atoms with van der Waals surface area (Å²) in [5, 5.41) is 4.05. The SMILES string of the molecule is CCCNC(=O)N1CCN(C(=O)Cc2c(C)n(C)c3ccccc23)CC1. The first-order chi connectivity index (χ1) is 12.5. The van der Waals surface area contributed by atoms with Crippen molar-refractivity contribution in [3.8, 4) is 0 Å². The average Bonchev–Trinajstić information content (AvgIpc) is 2.91. The van der Waals surface area contributed by atoms with Gasteiger partial charge in [-0.15, -0.1) is 0 Å². The molecule has 1 aliphatic rings. The number of hydrogen-bond acceptors (Lipinski definition) is 2. The molecular formula is C20H28N4O2. The Morgan fingerprint density at radius 2 is 1.73 bits per heavy atom. The highest BCUT2D eigenvalue weighted by atomic mass is 16.2. The number of piperazine rings is 1.